The SMILES string of the molecule is COc1ccc(CC(=O)N/N=C(\C)CC(=O)Nc2ccc(Cl)cc2C)cc1OC. The minimum absolute atomic E-state index is 0.0543. The van der Waals surface area contributed by atoms with Crippen LogP contribution in [-0.2, 0) is 16.0 Å². The molecule has 2 aromatic rings. The summed E-state index contributed by atoms with van der Waals surface area (Å²) < 4.78 is 10.4. The number of amides is 2. The Morgan fingerprint density at radius 1 is 1.03 bits per heavy atom. The highest BCUT2D eigenvalue weighted by Gasteiger charge is 2.10. The fourth-order valence-electron chi connectivity index (χ4n) is 2.61. The number of methoxy groups -OCH3 is 2. The number of halogens is 1. The Hall–Kier alpha value is -3.06. The van der Waals surface area contributed by atoms with Gasteiger partial charge in [-0.3, -0.25) is 9.59 Å². The number of nitrogens with one attached hydrogen (secondary N) is 2. The van der Waals surface area contributed by atoms with Crippen LogP contribution in [0.25, 0.3) is 0 Å². The number of hydrogen-bond acceptors (Lipinski definition) is 5. The number of carbonyl (C=O) groups is 2. The Morgan fingerprint density at radius 2 is 1.76 bits per heavy atom. The van der Waals surface area contributed by atoms with E-state index in [2.05, 4.69) is 15.8 Å². The molecule has 8 heteroatoms. The van der Waals surface area contributed by atoms with E-state index in [-0.39, 0.29) is 24.7 Å². The third-order valence-electron chi connectivity index (χ3n) is 4.06. The van der Waals surface area contributed by atoms with Gasteiger partial charge in [0, 0.05) is 16.4 Å². The van der Waals surface area contributed by atoms with Crippen molar-refractivity contribution < 1.29 is 19.1 Å². The first-order valence-electron chi connectivity index (χ1n) is 8.91. The minimum Gasteiger partial charge on any atom is -0.493 e. The molecule has 154 valence electrons. The maximum atomic E-state index is 12.2. The number of ether oxygens (including phenoxy) is 2. The van der Waals surface area contributed by atoms with Gasteiger partial charge in [0.15, 0.2) is 11.5 Å². The third-order valence-corrected chi connectivity index (χ3v) is 4.30. The first-order valence-corrected chi connectivity index (χ1v) is 9.29. The van der Waals surface area contributed by atoms with Crippen LogP contribution in [0.5, 0.6) is 11.5 Å². The highest BCUT2D eigenvalue weighted by molar-refractivity contribution is 6.30. The van der Waals surface area contributed by atoms with E-state index >= 15 is 0 Å². The average molecular weight is 418 g/mol. The summed E-state index contributed by atoms with van der Waals surface area (Å²) in [5, 5.41) is 7.40. The summed E-state index contributed by atoms with van der Waals surface area (Å²) in [7, 11) is 3.08. The van der Waals surface area contributed by atoms with Gasteiger partial charge in [0.05, 0.1) is 27.1 Å². The summed E-state index contributed by atoms with van der Waals surface area (Å²) in [6.45, 7) is 3.53. The zero-order valence-corrected chi connectivity index (χ0v) is 17.6. The molecule has 0 atom stereocenters. The van der Waals surface area contributed by atoms with E-state index in [1.807, 2.05) is 6.92 Å². The third kappa shape index (κ3) is 6.80. The molecule has 0 spiro atoms. The topological polar surface area (TPSA) is 89.0 Å². The molecule has 7 nitrogen and oxygen atoms in total. The van der Waals surface area contributed by atoms with E-state index in [0.29, 0.717) is 27.9 Å². The van der Waals surface area contributed by atoms with Crippen LogP contribution >= 0.6 is 11.6 Å². The molecule has 0 aliphatic heterocycles. The number of hydrazone groups is 1. The molecule has 0 aliphatic rings. The fraction of sp³-hybridized carbons (Fsp3) is 0.286. The van der Waals surface area contributed by atoms with Crippen LogP contribution in [0.15, 0.2) is 41.5 Å². The maximum Gasteiger partial charge on any atom is 0.244 e. The molecule has 2 amide bonds. The summed E-state index contributed by atoms with van der Waals surface area (Å²) >= 11 is 5.91. The van der Waals surface area contributed by atoms with Crippen LogP contribution in [0.4, 0.5) is 5.69 Å². The standard InChI is InChI=1S/C21H24ClN3O4/c1-13-9-16(22)6-7-17(13)23-20(26)10-14(2)24-25-21(27)12-15-5-8-18(28-3)19(11-15)29-4/h5-9,11H,10,12H2,1-4H3,(H,23,26)(H,25,27)/b24-14+. The molecular formula is C21H24ClN3O4. The largest absolute Gasteiger partial charge is 0.493 e. The van der Waals surface area contributed by atoms with Crippen LogP contribution in [0.3, 0.4) is 0 Å². The van der Waals surface area contributed by atoms with Crippen molar-refractivity contribution in [2.75, 3.05) is 19.5 Å². The predicted octanol–water partition coefficient (Wildman–Crippen LogP) is 3.73. The van der Waals surface area contributed by atoms with Gasteiger partial charge in [0.2, 0.25) is 11.8 Å². The van der Waals surface area contributed by atoms with E-state index in [9.17, 15) is 9.59 Å². The number of benzene rings is 2. The number of aryl methyl sites for hydroxylation is 1. The summed E-state index contributed by atoms with van der Waals surface area (Å²) in [5.74, 6) is 0.607. The molecule has 0 unspecified atom stereocenters. The molecule has 0 heterocycles. The molecular weight excluding hydrogens is 394 g/mol. The van der Waals surface area contributed by atoms with E-state index < -0.39 is 0 Å². The highest BCUT2D eigenvalue weighted by Crippen LogP contribution is 2.27. The number of rotatable bonds is 8. The van der Waals surface area contributed by atoms with E-state index in [4.69, 9.17) is 21.1 Å². The van der Waals surface area contributed by atoms with Crippen LogP contribution in [0.1, 0.15) is 24.5 Å². The Labute approximate surface area is 175 Å². The molecule has 29 heavy (non-hydrogen) atoms. The Bertz CT molecular complexity index is 928. The second-order valence-electron chi connectivity index (χ2n) is 6.43. The molecule has 2 rings (SSSR count). The molecule has 0 bridgehead atoms. The lowest BCUT2D eigenvalue weighted by atomic mass is 10.1. The van der Waals surface area contributed by atoms with Gasteiger partial charge in [-0.1, -0.05) is 17.7 Å². The van der Waals surface area contributed by atoms with E-state index in [1.165, 1.54) is 7.11 Å². The molecule has 0 saturated carbocycles. The second-order valence-corrected chi connectivity index (χ2v) is 6.87. The van der Waals surface area contributed by atoms with Gasteiger partial charge in [-0.05, 0) is 55.3 Å². The van der Waals surface area contributed by atoms with Gasteiger partial charge in [0.25, 0.3) is 0 Å². The predicted molar refractivity (Wildman–Crippen MR) is 114 cm³/mol. The lowest BCUT2D eigenvalue weighted by molar-refractivity contribution is -0.120. The monoisotopic (exact) mass is 417 g/mol. The smallest absolute Gasteiger partial charge is 0.244 e. The van der Waals surface area contributed by atoms with Crippen molar-refractivity contribution in [3.63, 3.8) is 0 Å². The summed E-state index contributed by atoms with van der Waals surface area (Å²) in [6.07, 6.45) is 0.173. The Morgan fingerprint density at radius 3 is 2.41 bits per heavy atom. The quantitative estimate of drug-likeness (QED) is 0.506. The van der Waals surface area contributed by atoms with Crippen LogP contribution in [-0.4, -0.2) is 31.7 Å². The Kier molecular flexibility index (Phi) is 8.03. The molecule has 0 saturated heterocycles. The zero-order chi connectivity index (χ0) is 21.4. The van der Waals surface area contributed by atoms with Crippen molar-refractivity contribution in [1.29, 1.82) is 0 Å². The first-order chi connectivity index (χ1) is 13.8. The number of anilines is 1. The van der Waals surface area contributed by atoms with Crippen molar-refractivity contribution in [3.05, 3.63) is 52.5 Å². The molecule has 0 aliphatic carbocycles. The Balaban J connectivity index is 1.88. The van der Waals surface area contributed by atoms with Crippen LogP contribution in [0, 0.1) is 6.92 Å². The van der Waals surface area contributed by atoms with Crippen molar-refractivity contribution in [3.8, 4) is 11.5 Å². The van der Waals surface area contributed by atoms with Crippen molar-refractivity contribution in [1.82, 2.24) is 5.43 Å². The fourth-order valence-corrected chi connectivity index (χ4v) is 2.83. The van der Waals surface area contributed by atoms with Crippen molar-refractivity contribution >= 4 is 34.8 Å². The highest BCUT2D eigenvalue weighted by atomic mass is 35.5. The normalized spacial score (nSPS) is 11.0. The van der Waals surface area contributed by atoms with Gasteiger partial charge in [-0.2, -0.15) is 5.10 Å². The maximum absolute atomic E-state index is 12.2. The van der Waals surface area contributed by atoms with E-state index in [1.54, 1.807) is 50.4 Å². The second kappa shape index (κ2) is 10.5. The molecule has 0 aromatic heterocycles. The number of nitrogens with zero attached hydrogens (tertiary/aromatic N) is 1. The van der Waals surface area contributed by atoms with Gasteiger partial charge in [0.1, 0.15) is 0 Å². The number of hydrogen-bond donors (Lipinski definition) is 2. The average Bonchev–Trinajstić information content (AvgIpc) is 2.68. The first kappa shape index (κ1) is 22.2. The number of carbonyl (C=O) groups excluding carboxylic acids is 2. The summed E-state index contributed by atoms with van der Waals surface area (Å²) in [5.41, 5.74) is 5.25. The van der Waals surface area contributed by atoms with Crippen LogP contribution in [0.2, 0.25) is 5.02 Å². The van der Waals surface area contributed by atoms with Gasteiger partial charge in [-0.25, -0.2) is 5.43 Å². The van der Waals surface area contributed by atoms with Crippen LogP contribution < -0.4 is 20.2 Å². The van der Waals surface area contributed by atoms with Crippen molar-refractivity contribution in [2.24, 2.45) is 5.10 Å². The van der Waals surface area contributed by atoms with Gasteiger partial charge in [-0.15, -0.1) is 0 Å². The summed E-state index contributed by atoms with van der Waals surface area (Å²) in [6, 6.07) is 10.5. The molecule has 0 fully saturated rings. The van der Waals surface area contributed by atoms with Gasteiger partial charge >= 0.3 is 0 Å². The zero-order valence-electron chi connectivity index (χ0n) is 16.8. The van der Waals surface area contributed by atoms with Gasteiger partial charge < -0.3 is 14.8 Å². The minimum atomic E-state index is -0.300. The lowest BCUT2D eigenvalue weighted by Crippen LogP contribution is -2.23. The summed E-state index contributed by atoms with van der Waals surface area (Å²) in [4.78, 5) is 24.3. The van der Waals surface area contributed by atoms with Crippen molar-refractivity contribution in [2.45, 2.75) is 26.7 Å². The molecule has 2 N–H and O–H groups in total. The van der Waals surface area contributed by atoms with E-state index in [0.717, 1.165) is 11.1 Å². The molecule has 0 radical (unpaired) electrons. The molecule has 2 aromatic carbocycles. The lowest BCUT2D eigenvalue weighted by Gasteiger charge is -2.10.